The van der Waals surface area contributed by atoms with Crippen molar-refractivity contribution in [3.05, 3.63) is 0 Å². The predicted octanol–water partition coefficient (Wildman–Crippen LogP) is 2.79. The van der Waals surface area contributed by atoms with Crippen molar-refractivity contribution in [2.24, 2.45) is 0 Å². The summed E-state index contributed by atoms with van der Waals surface area (Å²) in [6.07, 6.45) is 2.97. The molecular weight excluding hydrogens is 352 g/mol. The van der Waals surface area contributed by atoms with E-state index >= 15 is 0 Å². The van der Waals surface area contributed by atoms with Gasteiger partial charge in [0, 0.05) is 6.42 Å². The smallest absolute Gasteiger partial charge is 0.308 e. The molecule has 0 amide bonds. The third kappa shape index (κ3) is 15.6. The van der Waals surface area contributed by atoms with Crippen LogP contribution in [0.2, 0.25) is 0 Å². The monoisotopic (exact) mass is 390 g/mol. The van der Waals surface area contributed by atoms with Crippen LogP contribution in [-0.2, 0) is 14.3 Å². The van der Waals surface area contributed by atoms with Crippen molar-refractivity contribution in [2.45, 2.75) is 115 Å². The number of carbonyl (C=O) groups excluding carboxylic acids is 1. The molecular formula is C20H38O7. The van der Waals surface area contributed by atoms with Gasteiger partial charge in [0.1, 0.15) is 6.10 Å². The molecule has 0 aliphatic rings. The van der Waals surface area contributed by atoms with Crippen molar-refractivity contribution < 1.29 is 34.8 Å². The SMILES string of the molecule is CCCCCC(O)CC(O)CC(=O)OC(CC(=O)O)CC(O)CCCCC. The van der Waals surface area contributed by atoms with E-state index in [4.69, 9.17) is 9.84 Å². The summed E-state index contributed by atoms with van der Waals surface area (Å²) >= 11 is 0. The van der Waals surface area contributed by atoms with Crippen LogP contribution in [0.3, 0.4) is 0 Å². The van der Waals surface area contributed by atoms with Gasteiger partial charge in [0.15, 0.2) is 0 Å². The molecule has 0 aromatic rings. The molecule has 0 saturated heterocycles. The summed E-state index contributed by atoms with van der Waals surface area (Å²) in [5.74, 6) is -1.82. The second kappa shape index (κ2) is 15.8. The summed E-state index contributed by atoms with van der Waals surface area (Å²) in [4.78, 5) is 23.0. The van der Waals surface area contributed by atoms with Gasteiger partial charge in [-0.05, 0) is 19.3 Å². The van der Waals surface area contributed by atoms with E-state index in [0.29, 0.717) is 12.8 Å². The van der Waals surface area contributed by atoms with E-state index in [9.17, 15) is 24.9 Å². The maximum atomic E-state index is 12.0. The van der Waals surface area contributed by atoms with Gasteiger partial charge in [-0.25, -0.2) is 0 Å². The first-order chi connectivity index (χ1) is 12.8. The number of unbranched alkanes of at least 4 members (excludes halogenated alkanes) is 4. The number of aliphatic hydroxyl groups is 3. The first kappa shape index (κ1) is 25.8. The number of aliphatic hydroxyl groups excluding tert-OH is 3. The molecule has 0 aromatic heterocycles. The van der Waals surface area contributed by atoms with E-state index in [1.165, 1.54) is 0 Å². The van der Waals surface area contributed by atoms with Gasteiger partial charge < -0.3 is 25.2 Å². The Kier molecular flexibility index (Phi) is 15.1. The first-order valence-corrected chi connectivity index (χ1v) is 10.2. The normalized spacial score (nSPS) is 15.7. The summed E-state index contributed by atoms with van der Waals surface area (Å²) < 4.78 is 5.17. The summed E-state index contributed by atoms with van der Waals surface area (Å²) in [5, 5.41) is 38.8. The van der Waals surface area contributed by atoms with Gasteiger partial charge in [0.05, 0.1) is 31.2 Å². The third-order valence-corrected chi connectivity index (χ3v) is 4.46. The fourth-order valence-electron chi connectivity index (χ4n) is 2.99. The molecule has 0 aliphatic carbocycles. The van der Waals surface area contributed by atoms with E-state index in [0.717, 1.165) is 38.5 Å². The van der Waals surface area contributed by atoms with E-state index in [2.05, 4.69) is 6.92 Å². The summed E-state index contributed by atoms with van der Waals surface area (Å²) in [7, 11) is 0. The van der Waals surface area contributed by atoms with Crippen LogP contribution >= 0.6 is 0 Å². The van der Waals surface area contributed by atoms with E-state index < -0.39 is 36.4 Å². The van der Waals surface area contributed by atoms with Crippen LogP contribution in [0.4, 0.5) is 0 Å². The van der Waals surface area contributed by atoms with Crippen molar-refractivity contribution in [3.63, 3.8) is 0 Å². The molecule has 7 nitrogen and oxygen atoms in total. The van der Waals surface area contributed by atoms with Crippen LogP contribution < -0.4 is 0 Å². The Hall–Kier alpha value is -1.18. The van der Waals surface area contributed by atoms with E-state index in [1.807, 2.05) is 6.92 Å². The number of ether oxygens (including phenoxy) is 1. The quantitative estimate of drug-likeness (QED) is 0.222. The van der Waals surface area contributed by atoms with Crippen LogP contribution in [-0.4, -0.2) is 56.8 Å². The zero-order valence-corrected chi connectivity index (χ0v) is 16.8. The summed E-state index contributed by atoms with van der Waals surface area (Å²) in [6, 6.07) is 0. The highest BCUT2D eigenvalue weighted by Gasteiger charge is 2.23. The number of aliphatic carboxylic acids is 1. The number of hydrogen-bond donors (Lipinski definition) is 4. The van der Waals surface area contributed by atoms with Crippen molar-refractivity contribution in [1.29, 1.82) is 0 Å². The highest BCUT2D eigenvalue weighted by molar-refractivity contribution is 5.71. The van der Waals surface area contributed by atoms with Crippen LogP contribution in [0.15, 0.2) is 0 Å². The molecule has 4 unspecified atom stereocenters. The largest absolute Gasteiger partial charge is 0.481 e. The average molecular weight is 391 g/mol. The molecule has 0 aromatic carbocycles. The Labute approximate surface area is 162 Å². The molecule has 0 saturated carbocycles. The molecule has 0 rings (SSSR count). The number of esters is 1. The maximum Gasteiger partial charge on any atom is 0.308 e. The van der Waals surface area contributed by atoms with Gasteiger partial charge in [-0.1, -0.05) is 52.4 Å². The second-order valence-electron chi connectivity index (χ2n) is 7.34. The lowest BCUT2D eigenvalue weighted by Crippen LogP contribution is -2.29. The maximum absolute atomic E-state index is 12.0. The lowest BCUT2D eigenvalue weighted by atomic mass is 10.0. The van der Waals surface area contributed by atoms with Gasteiger partial charge in [-0.2, -0.15) is 0 Å². The number of carbonyl (C=O) groups is 2. The lowest BCUT2D eigenvalue weighted by Gasteiger charge is -2.21. The van der Waals surface area contributed by atoms with Crippen LogP contribution in [0, 0.1) is 0 Å². The molecule has 4 atom stereocenters. The topological polar surface area (TPSA) is 124 Å². The molecule has 0 spiro atoms. The van der Waals surface area contributed by atoms with Crippen molar-refractivity contribution in [3.8, 4) is 0 Å². The third-order valence-electron chi connectivity index (χ3n) is 4.46. The van der Waals surface area contributed by atoms with Gasteiger partial charge in [0.2, 0.25) is 0 Å². The molecule has 0 radical (unpaired) electrons. The zero-order valence-electron chi connectivity index (χ0n) is 16.8. The minimum atomic E-state index is -1.11. The molecule has 7 heteroatoms. The first-order valence-electron chi connectivity index (χ1n) is 10.2. The highest BCUT2D eigenvalue weighted by atomic mass is 16.5. The molecule has 0 bridgehead atoms. The van der Waals surface area contributed by atoms with Crippen LogP contribution in [0.1, 0.15) is 90.9 Å². The van der Waals surface area contributed by atoms with Crippen molar-refractivity contribution in [1.82, 2.24) is 0 Å². The number of rotatable bonds is 17. The fourth-order valence-corrected chi connectivity index (χ4v) is 2.99. The van der Waals surface area contributed by atoms with Crippen molar-refractivity contribution in [2.75, 3.05) is 0 Å². The molecule has 0 fully saturated rings. The standard InChI is InChI=1S/C20H38O7/c1-3-5-7-9-15(21)11-17(23)13-20(26)27-18(14-19(24)25)12-16(22)10-8-6-4-2/h15-18,21-23H,3-14H2,1-2H3,(H,24,25). The van der Waals surface area contributed by atoms with E-state index in [-0.39, 0.29) is 25.7 Å². The predicted molar refractivity (Wildman–Crippen MR) is 102 cm³/mol. The van der Waals surface area contributed by atoms with Gasteiger partial charge >= 0.3 is 11.9 Å². The molecule has 160 valence electrons. The summed E-state index contributed by atoms with van der Waals surface area (Å²) in [5.41, 5.74) is 0. The van der Waals surface area contributed by atoms with Crippen LogP contribution in [0.5, 0.6) is 0 Å². The fraction of sp³-hybridized carbons (Fsp3) is 0.900. The van der Waals surface area contributed by atoms with Gasteiger partial charge in [-0.3, -0.25) is 9.59 Å². The van der Waals surface area contributed by atoms with Crippen molar-refractivity contribution >= 4 is 11.9 Å². The Bertz CT molecular complexity index is 400. The molecule has 0 aliphatic heterocycles. The Morgan fingerprint density at radius 3 is 1.78 bits per heavy atom. The minimum Gasteiger partial charge on any atom is -0.481 e. The number of carboxylic acid groups (broad SMARTS) is 1. The molecule has 27 heavy (non-hydrogen) atoms. The van der Waals surface area contributed by atoms with E-state index in [1.54, 1.807) is 0 Å². The average Bonchev–Trinajstić information content (AvgIpc) is 2.54. The number of carboxylic acids is 1. The van der Waals surface area contributed by atoms with Gasteiger partial charge in [0.25, 0.3) is 0 Å². The lowest BCUT2D eigenvalue weighted by molar-refractivity contribution is -0.156. The second-order valence-corrected chi connectivity index (χ2v) is 7.34. The molecule has 0 heterocycles. The zero-order chi connectivity index (χ0) is 20.7. The highest BCUT2D eigenvalue weighted by Crippen LogP contribution is 2.16. The van der Waals surface area contributed by atoms with Crippen LogP contribution in [0.25, 0.3) is 0 Å². The number of hydrogen-bond acceptors (Lipinski definition) is 6. The Balaban J connectivity index is 4.34. The Morgan fingerprint density at radius 2 is 1.30 bits per heavy atom. The van der Waals surface area contributed by atoms with Gasteiger partial charge in [-0.15, -0.1) is 0 Å². The molecule has 4 N–H and O–H groups in total. The summed E-state index contributed by atoms with van der Waals surface area (Å²) in [6.45, 7) is 4.11. The minimum absolute atomic E-state index is 0.0670. The Morgan fingerprint density at radius 1 is 0.778 bits per heavy atom.